The van der Waals surface area contributed by atoms with Gasteiger partial charge in [0.15, 0.2) is 17.1 Å². The summed E-state index contributed by atoms with van der Waals surface area (Å²) in [5.41, 5.74) is 3.51. The fraction of sp³-hybridized carbons (Fsp3) is 0.100. The molecule has 0 amide bonds. The molecule has 29 heavy (non-hydrogen) atoms. The maximum absolute atomic E-state index is 13.0. The van der Waals surface area contributed by atoms with E-state index in [-0.39, 0.29) is 5.56 Å². The van der Waals surface area contributed by atoms with Gasteiger partial charge in [0, 0.05) is 11.8 Å². The molecule has 0 saturated carbocycles. The first-order chi connectivity index (χ1) is 14.1. The average molecular weight is 382 g/mol. The van der Waals surface area contributed by atoms with E-state index in [4.69, 9.17) is 0 Å². The molecule has 9 nitrogen and oxygen atoms in total. The Morgan fingerprint density at radius 1 is 1.03 bits per heavy atom. The molecule has 5 aromatic rings. The summed E-state index contributed by atoms with van der Waals surface area (Å²) < 4.78 is 4.54. The maximum Gasteiger partial charge on any atom is 0.269 e. The quantitative estimate of drug-likeness (QED) is 0.463. The Bertz CT molecular complexity index is 1500. The Morgan fingerprint density at radius 2 is 1.83 bits per heavy atom. The monoisotopic (exact) mass is 382 g/mol. The van der Waals surface area contributed by atoms with E-state index in [0.717, 1.165) is 11.3 Å². The summed E-state index contributed by atoms with van der Waals surface area (Å²) in [6.45, 7) is 3.81. The molecule has 0 N–H and O–H groups in total. The zero-order valence-electron chi connectivity index (χ0n) is 15.6. The van der Waals surface area contributed by atoms with Crippen LogP contribution < -0.4 is 5.56 Å². The second-order valence-electron chi connectivity index (χ2n) is 6.71. The van der Waals surface area contributed by atoms with Crippen LogP contribution >= 0.6 is 0 Å². The normalized spacial score (nSPS) is 11.2. The summed E-state index contributed by atoms with van der Waals surface area (Å²) in [7, 11) is 0. The lowest BCUT2D eigenvalue weighted by atomic mass is 10.2. The number of aryl methyl sites for hydroxylation is 2. The van der Waals surface area contributed by atoms with Crippen molar-refractivity contribution in [3.8, 4) is 17.6 Å². The van der Waals surface area contributed by atoms with Gasteiger partial charge < -0.3 is 0 Å². The summed E-state index contributed by atoms with van der Waals surface area (Å²) in [4.78, 5) is 21.9. The van der Waals surface area contributed by atoms with E-state index in [0.29, 0.717) is 33.8 Å². The average Bonchev–Trinajstić information content (AvgIpc) is 3.33. The van der Waals surface area contributed by atoms with Crippen LogP contribution in [-0.2, 0) is 0 Å². The van der Waals surface area contributed by atoms with E-state index in [9.17, 15) is 10.1 Å². The van der Waals surface area contributed by atoms with Crippen LogP contribution in [0, 0.1) is 25.2 Å². The minimum absolute atomic E-state index is 0.217. The smallest absolute Gasteiger partial charge is 0.268 e. The Labute approximate surface area is 164 Å². The lowest BCUT2D eigenvalue weighted by Crippen LogP contribution is -2.19. The largest absolute Gasteiger partial charge is 0.269 e. The molecule has 0 saturated heterocycles. The van der Waals surface area contributed by atoms with Crippen LogP contribution in [0.4, 0.5) is 0 Å². The predicted octanol–water partition coefficient (Wildman–Crippen LogP) is 2.10. The minimum Gasteiger partial charge on any atom is -0.268 e. The molecule has 4 heterocycles. The standard InChI is InChI=1S/C20H14N8O/c1-12-3-5-15(6-4-12)26-11-22-19-16(20(26)29)10-24-28(19)17-7-13(2)25-18-14(8-21)9-23-27(17)18/h3-7,9-11H,1-2H3. The van der Waals surface area contributed by atoms with Gasteiger partial charge in [-0.25, -0.2) is 9.97 Å². The number of nitrogens with zero attached hydrogens (tertiary/aromatic N) is 8. The van der Waals surface area contributed by atoms with Gasteiger partial charge >= 0.3 is 0 Å². The number of aromatic nitrogens is 7. The van der Waals surface area contributed by atoms with Gasteiger partial charge in [0.05, 0.1) is 18.1 Å². The SMILES string of the molecule is Cc1ccc(-n2cnc3c(cnn3-c3cc(C)nc4c(C#N)cnn34)c2=O)cc1. The van der Waals surface area contributed by atoms with Gasteiger partial charge in [0.2, 0.25) is 0 Å². The van der Waals surface area contributed by atoms with Gasteiger partial charge in [-0.05, 0) is 26.0 Å². The van der Waals surface area contributed by atoms with Crippen LogP contribution in [0.3, 0.4) is 0 Å². The molecule has 0 radical (unpaired) electrons. The van der Waals surface area contributed by atoms with Gasteiger partial charge in [-0.3, -0.25) is 9.36 Å². The Morgan fingerprint density at radius 3 is 2.59 bits per heavy atom. The topological polar surface area (TPSA) is 107 Å². The molecule has 0 aliphatic heterocycles. The Balaban J connectivity index is 1.75. The molecule has 0 unspecified atom stereocenters. The van der Waals surface area contributed by atoms with Gasteiger partial charge in [-0.2, -0.15) is 24.7 Å². The third-order valence-electron chi connectivity index (χ3n) is 4.72. The lowest BCUT2D eigenvalue weighted by molar-refractivity contribution is 0.787. The maximum atomic E-state index is 13.0. The third kappa shape index (κ3) is 2.50. The first kappa shape index (κ1) is 16.8. The van der Waals surface area contributed by atoms with E-state index >= 15 is 0 Å². The molecule has 0 spiro atoms. The first-order valence-electron chi connectivity index (χ1n) is 8.85. The third-order valence-corrected chi connectivity index (χ3v) is 4.72. The summed E-state index contributed by atoms with van der Waals surface area (Å²) in [5.74, 6) is 0.545. The van der Waals surface area contributed by atoms with Gasteiger partial charge in [0.25, 0.3) is 5.56 Å². The fourth-order valence-corrected chi connectivity index (χ4v) is 3.26. The number of rotatable bonds is 2. The van der Waals surface area contributed by atoms with Crippen molar-refractivity contribution in [2.24, 2.45) is 0 Å². The van der Waals surface area contributed by atoms with E-state index in [1.807, 2.05) is 38.1 Å². The number of fused-ring (bicyclic) bond motifs is 2. The van der Waals surface area contributed by atoms with E-state index < -0.39 is 0 Å². The molecule has 0 bridgehead atoms. The summed E-state index contributed by atoms with van der Waals surface area (Å²) in [5, 5.41) is 18.3. The van der Waals surface area contributed by atoms with E-state index in [1.165, 1.54) is 32.5 Å². The van der Waals surface area contributed by atoms with E-state index in [2.05, 4.69) is 26.2 Å². The zero-order chi connectivity index (χ0) is 20.1. The van der Waals surface area contributed by atoms with Crippen molar-refractivity contribution in [3.05, 3.63) is 76.2 Å². The molecule has 9 heteroatoms. The molecule has 0 atom stereocenters. The lowest BCUT2D eigenvalue weighted by Gasteiger charge is -2.08. The van der Waals surface area contributed by atoms with Crippen LogP contribution in [0.1, 0.15) is 16.8 Å². The van der Waals surface area contributed by atoms with Crippen molar-refractivity contribution in [1.82, 2.24) is 33.9 Å². The number of nitriles is 1. The first-order valence-corrected chi connectivity index (χ1v) is 8.85. The molecular weight excluding hydrogens is 368 g/mol. The highest BCUT2D eigenvalue weighted by Crippen LogP contribution is 2.18. The van der Waals surface area contributed by atoms with Crippen molar-refractivity contribution in [2.45, 2.75) is 13.8 Å². The van der Waals surface area contributed by atoms with Crippen molar-refractivity contribution < 1.29 is 0 Å². The summed E-state index contributed by atoms with van der Waals surface area (Å²) in [6, 6.07) is 11.5. The van der Waals surface area contributed by atoms with Gasteiger partial charge in [-0.15, -0.1) is 0 Å². The Hall–Kier alpha value is -4.32. The minimum atomic E-state index is -0.217. The second-order valence-corrected chi connectivity index (χ2v) is 6.71. The molecule has 140 valence electrons. The van der Waals surface area contributed by atoms with Gasteiger partial charge in [-0.1, -0.05) is 17.7 Å². The van der Waals surface area contributed by atoms with Crippen LogP contribution in [0.5, 0.6) is 0 Å². The summed E-state index contributed by atoms with van der Waals surface area (Å²) in [6.07, 6.45) is 4.43. The van der Waals surface area contributed by atoms with Crippen molar-refractivity contribution in [1.29, 1.82) is 5.26 Å². The molecular formula is C20H14N8O. The van der Waals surface area contributed by atoms with Crippen molar-refractivity contribution in [2.75, 3.05) is 0 Å². The highest BCUT2D eigenvalue weighted by molar-refractivity contribution is 5.75. The van der Waals surface area contributed by atoms with Crippen molar-refractivity contribution >= 4 is 16.7 Å². The molecule has 0 fully saturated rings. The molecule has 0 aliphatic rings. The molecule has 4 aromatic heterocycles. The number of hydrogen-bond acceptors (Lipinski definition) is 6. The van der Waals surface area contributed by atoms with Crippen LogP contribution in [-0.4, -0.2) is 33.9 Å². The van der Waals surface area contributed by atoms with Crippen LogP contribution in [0.15, 0.2) is 53.8 Å². The fourth-order valence-electron chi connectivity index (χ4n) is 3.26. The summed E-state index contributed by atoms with van der Waals surface area (Å²) >= 11 is 0. The highest BCUT2D eigenvalue weighted by Gasteiger charge is 2.17. The number of hydrogen-bond donors (Lipinski definition) is 0. The van der Waals surface area contributed by atoms with Crippen LogP contribution in [0.25, 0.3) is 28.2 Å². The molecule has 5 rings (SSSR count). The molecule has 0 aliphatic carbocycles. The Kier molecular flexibility index (Phi) is 3.54. The second kappa shape index (κ2) is 6.10. The predicted molar refractivity (Wildman–Crippen MR) is 105 cm³/mol. The van der Waals surface area contributed by atoms with Gasteiger partial charge in [0.1, 0.15) is 23.3 Å². The highest BCUT2D eigenvalue weighted by atomic mass is 16.1. The van der Waals surface area contributed by atoms with E-state index in [1.54, 1.807) is 6.07 Å². The van der Waals surface area contributed by atoms with Crippen LogP contribution in [0.2, 0.25) is 0 Å². The van der Waals surface area contributed by atoms with Crippen molar-refractivity contribution in [3.63, 3.8) is 0 Å². The zero-order valence-corrected chi connectivity index (χ0v) is 15.6. The number of benzene rings is 1. The molecule has 1 aromatic carbocycles.